The van der Waals surface area contributed by atoms with Gasteiger partial charge in [0.15, 0.2) is 0 Å². The van der Waals surface area contributed by atoms with Crippen LogP contribution >= 0.6 is 15.9 Å². The Labute approximate surface area is 104 Å². The zero-order chi connectivity index (χ0) is 11.4. The molecule has 0 fully saturated rings. The second kappa shape index (κ2) is 5.17. The third kappa shape index (κ3) is 2.12. The smallest absolute Gasteiger partial charge is 0.126 e. The number of ether oxygens (including phenoxy) is 1. The van der Waals surface area contributed by atoms with E-state index in [1.165, 1.54) is 10.9 Å². The summed E-state index contributed by atoms with van der Waals surface area (Å²) in [5.41, 5.74) is 1.22. The fourth-order valence-electron chi connectivity index (χ4n) is 1.79. The largest absolute Gasteiger partial charge is 0.496 e. The lowest BCUT2D eigenvalue weighted by atomic mass is 10.0. The van der Waals surface area contributed by atoms with E-state index in [1.807, 2.05) is 18.2 Å². The second-order valence-electron chi connectivity index (χ2n) is 3.46. The minimum absolute atomic E-state index is 0.868. The minimum atomic E-state index is 0.868. The van der Waals surface area contributed by atoms with Gasteiger partial charge in [-0.05, 0) is 17.0 Å². The molecule has 0 aliphatic rings. The van der Waals surface area contributed by atoms with Gasteiger partial charge in [0.1, 0.15) is 5.75 Å². The van der Waals surface area contributed by atoms with Crippen LogP contribution in [-0.2, 0) is 0 Å². The van der Waals surface area contributed by atoms with Gasteiger partial charge in [0.25, 0.3) is 0 Å². The first-order valence-electron chi connectivity index (χ1n) is 5.15. The zero-order valence-electron chi connectivity index (χ0n) is 9.11. The molecule has 0 saturated carbocycles. The molecule has 2 aromatic rings. The van der Waals surface area contributed by atoms with Crippen molar-refractivity contribution >= 4 is 32.8 Å². The van der Waals surface area contributed by atoms with Crippen LogP contribution in [0.5, 0.6) is 5.75 Å². The molecule has 0 saturated heterocycles. The molecule has 82 valence electrons. The van der Waals surface area contributed by atoms with Crippen molar-refractivity contribution in [2.24, 2.45) is 0 Å². The van der Waals surface area contributed by atoms with E-state index < -0.39 is 0 Å². The molecule has 0 unspecified atom stereocenters. The summed E-state index contributed by atoms with van der Waals surface area (Å²) in [5.74, 6) is 0.923. The summed E-state index contributed by atoms with van der Waals surface area (Å²) >= 11 is 3.39. The topological polar surface area (TPSA) is 9.23 Å². The Morgan fingerprint density at radius 2 is 1.88 bits per heavy atom. The van der Waals surface area contributed by atoms with Crippen molar-refractivity contribution in [2.45, 2.75) is 0 Å². The number of allylic oxidation sites excluding steroid dienone is 1. The molecule has 0 bridgehead atoms. The molecule has 16 heavy (non-hydrogen) atoms. The van der Waals surface area contributed by atoms with Crippen molar-refractivity contribution in [1.29, 1.82) is 0 Å². The van der Waals surface area contributed by atoms with E-state index >= 15 is 0 Å². The number of fused-ring (bicyclic) bond motifs is 1. The summed E-state index contributed by atoms with van der Waals surface area (Å²) in [6, 6.07) is 12.4. The first kappa shape index (κ1) is 11.2. The maximum atomic E-state index is 5.35. The third-order valence-electron chi connectivity index (χ3n) is 2.52. The van der Waals surface area contributed by atoms with Crippen molar-refractivity contribution < 1.29 is 4.74 Å². The molecule has 2 rings (SSSR count). The zero-order valence-corrected chi connectivity index (χ0v) is 10.7. The van der Waals surface area contributed by atoms with E-state index in [9.17, 15) is 0 Å². The second-order valence-corrected chi connectivity index (χ2v) is 4.11. The standard InChI is InChI=1S/C14H13BrO/c1-16-14-9-8-11(5-4-10-15)12-6-2-3-7-13(12)14/h2-9H,10H2,1H3. The fraction of sp³-hybridized carbons (Fsp3) is 0.143. The average Bonchev–Trinajstić information content (AvgIpc) is 2.36. The van der Waals surface area contributed by atoms with Crippen LogP contribution in [0.1, 0.15) is 5.56 Å². The van der Waals surface area contributed by atoms with Gasteiger partial charge in [0.05, 0.1) is 7.11 Å². The maximum absolute atomic E-state index is 5.35. The third-order valence-corrected chi connectivity index (χ3v) is 2.90. The van der Waals surface area contributed by atoms with Gasteiger partial charge in [0.2, 0.25) is 0 Å². The van der Waals surface area contributed by atoms with Crippen LogP contribution in [0.25, 0.3) is 16.8 Å². The summed E-state index contributed by atoms with van der Waals surface area (Å²) in [7, 11) is 1.70. The van der Waals surface area contributed by atoms with Gasteiger partial charge in [-0.1, -0.05) is 58.4 Å². The lowest BCUT2D eigenvalue weighted by Crippen LogP contribution is -1.86. The maximum Gasteiger partial charge on any atom is 0.126 e. The van der Waals surface area contributed by atoms with E-state index in [4.69, 9.17) is 4.74 Å². The summed E-state index contributed by atoms with van der Waals surface area (Å²) in [6.07, 6.45) is 4.21. The Bertz CT molecular complexity index is 517. The SMILES string of the molecule is COc1ccc(C=CCBr)c2ccccc12. The van der Waals surface area contributed by atoms with Crippen LogP contribution in [0.2, 0.25) is 0 Å². The van der Waals surface area contributed by atoms with Crippen LogP contribution in [0.3, 0.4) is 0 Å². The Morgan fingerprint density at radius 1 is 1.12 bits per heavy atom. The number of hydrogen-bond donors (Lipinski definition) is 0. The number of methoxy groups -OCH3 is 1. The van der Waals surface area contributed by atoms with E-state index in [-0.39, 0.29) is 0 Å². The molecule has 0 aliphatic carbocycles. The van der Waals surface area contributed by atoms with Crippen molar-refractivity contribution in [3.05, 3.63) is 48.0 Å². The van der Waals surface area contributed by atoms with Crippen molar-refractivity contribution in [3.8, 4) is 5.75 Å². The number of rotatable bonds is 3. The molecule has 1 nitrogen and oxygen atoms in total. The lowest BCUT2D eigenvalue weighted by molar-refractivity contribution is 0.420. The van der Waals surface area contributed by atoms with Crippen LogP contribution in [-0.4, -0.2) is 12.4 Å². The molecule has 0 heterocycles. The van der Waals surface area contributed by atoms with Gasteiger partial charge >= 0.3 is 0 Å². The van der Waals surface area contributed by atoms with Gasteiger partial charge in [-0.15, -0.1) is 0 Å². The van der Waals surface area contributed by atoms with Gasteiger partial charge in [-0.2, -0.15) is 0 Å². The van der Waals surface area contributed by atoms with Crippen LogP contribution < -0.4 is 4.74 Å². The average molecular weight is 277 g/mol. The molecule has 0 aromatic heterocycles. The van der Waals surface area contributed by atoms with Gasteiger partial charge < -0.3 is 4.74 Å². The number of hydrogen-bond acceptors (Lipinski definition) is 1. The van der Waals surface area contributed by atoms with Gasteiger partial charge in [0, 0.05) is 10.7 Å². The summed E-state index contributed by atoms with van der Waals surface area (Å²) in [6.45, 7) is 0. The highest BCUT2D eigenvalue weighted by Gasteiger charge is 2.03. The van der Waals surface area contributed by atoms with Gasteiger partial charge in [-0.3, -0.25) is 0 Å². The molecule has 0 amide bonds. The predicted octanol–water partition coefficient (Wildman–Crippen LogP) is 4.26. The number of halogens is 1. The molecule has 0 radical (unpaired) electrons. The van der Waals surface area contributed by atoms with Crippen molar-refractivity contribution in [1.82, 2.24) is 0 Å². The van der Waals surface area contributed by atoms with Crippen molar-refractivity contribution in [3.63, 3.8) is 0 Å². The first-order chi connectivity index (χ1) is 7.86. The highest BCUT2D eigenvalue weighted by molar-refractivity contribution is 9.09. The van der Waals surface area contributed by atoms with Crippen LogP contribution in [0, 0.1) is 0 Å². The molecule has 2 aromatic carbocycles. The normalized spacial score (nSPS) is 11.1. The van der Waals surface area contributed by atoms with E-state index in [0.29, 0.717) is 0 Å². The quantitative estimate of drug-likeness (QED) is 0.762. The first-order valence-corrected chi connectivity index (χ1v) is 6.27. The Kier molecular flexibility index (Phi) is 3.62. The van der Waals surface area contributed by atoms with E-state index in [2.05, 4.69) is 46.3 Å². The van der Waals surface area contributed by atoms with E-state index in [0.717, 1.165) is 16.5 Å². The lowest BCUT2D eigenvalue weighted by Gasteiger charge is -2.07. The molecule has 0 N–H and O–H groups in total. The molecule has 2 heteroatoms. The van der Waals surface area contributed by atoms with Crippen LogP contribution in [0.4, 0.5) is 0 Å². The number of benzene rings is 2. The summed E-state index contributed by atoms with van der Waals surface area (Å²) in [5, 5.41) is 3.24. The molecule has 0 spiro atoms. The monoisotopic (exact) mass is 276 g/mol. The Balaban J connectivity index is 2.64. The molecular formula is C14H13BrO. The Morgan fingerprint density at radius 3 is 2.56 bits per heavy atom. The summed E-state index contributed by atoms with van der Waals surface area (Å²) < 4.78 is 5.35. The van der Waals surface area contributed by atoms with Crippen LogP contribution in [0.15, 0.2) is 42.5 Å². The fourth-order valence-corrected chi connectivity index (χ4v) is 1.98. The summed E-state index contributed by atoms with van der Waals surface area (Å²) in [4.78, 5) is 0. The highest BCUT2D eigenvalue weighted by atomic mass is 79.9. The van der Waals surface area contributed by atoms with E-state index in [1.54, 1.807) is 7.11 Å². The van der Waals surface area contributed by atoms with Crippen molar-refractivity contribution in [2.75, 3.05) is 12.4 Å². The molecule has 0 aliphatic heterocycles. The number of alkyl halides is 1. The molecular weight excluding hydrogens is 264 g/mol. The van der Waals surface area contributed by atoms with Gasteiger partial charge in [-0.25, -0.2) is 0 Å². The highest BCUT2D eigenvalue weighted by Crippen LogP contribution is 2.28. The predicted molar refractivity (Wildman–Crippen MR) is 73.3 cm³/mol. The Hall–Kier alpha value is -1.28. The minimum Gasteiger partial charge on any atom is -0.496 e. The molecule has 0 atom stereocenters.